The number of rotatable bonds is 12. The molecule has 0 saturated heterocycles. The first-order valence-electron chi connectivity index (χ1n) is 11.6. The van der Waals surface area contributed by atoms with Gasteiger partial charge in [0.05, 0.1) is 12.2 Å². The molecule has 0 aliphatic heterocycles. The Morgan fingerprint density at radius 1 is 1.00 bits per heavy atom. The summed E-state index contributed by atoms with van der Waals surface area (Å²) in [6, 6.07) is 7.69. The molecule has 0 bridgehead atoms. The first-order valence-corrected chi connectivity index (χ1v) is 11.6. The lowest BCUT2D eigenvalue weighted by Gasteiger charge is -2.28. The summed E-state index contributed by atoms with van der Waals surface area (Å²) in [4.78, 5) is 23.8. The maximum atomic E-state index is 12.5. The topological polar surface area (TPSA) is 52.6 Å². The van der Waals surface area contributed by atoms with E-state index in [2.05, 4.69) is 13.5 Å². The molecule has 0 amide bonds. The van der Waals surface area contributed by atoms with Crippen molar-refractivity contribution in [3.05, 3.63) is 47.5 Å². The summed E-state index contributed by atoms with van der Waals surface area (Å²) in [6.45, 7) is 7.87. The molecule has 166 valence electrons. The van der Waals surface area contributed by atoms with Crippen LogP contribution < -0.4 is 0 Å². The van der Waals surface area contributed by atoms with Crippen molar-refractivity contribution in [3.63, 3.8) is 0 Å². The maximum Gasteiger partial charge on any atom is 0.338 e. The predicted molar refractivity (Wildman–Crippen MR) is 120 cm³/mol. The average molecular weight is 415 g/mol. The van der Waals surface area contributed by atoms with Crippen molar-refractivity contribution in [3.8, 4) is 0 Å². The second kappa shape index (κ2) is 13.3. The molecule has 0 spiro atoms. The zero-order valence-electron chi connectivity index (χ0n) is 18.8. The Labute approximate surface area is 182 Å². The second-order valence-corrected chi connectivity index (χ2v) is 8.61. The van der Waals surface area contributed by atoms with Crippen LogP contribution in [0.5, 0.6) is 0 Å². The van der Waals surface area contributed by atoms with E-state index in [4.69, 9.17) is 9.47 Å². The van der Waals surface area contributed by atoms with Crippen LogP contribution in [0.2, 0.25) is 0 Å². The van der Waals surface area contributed by atoms with Gasteiger partial charge < -0.3 is 9.47 Å². The van der Waals surface area contributed by atoms with E-state index in [0.29, 0.717) is 17.7 Å². The molecule has 0 radical (unpaired) electrons. The molecule has 30 heavy (non-hydrogen) atoms. The van der Waals surface area contributed by atoms with E-state index in [9.17, 15) is 9.59 Å². The minimum Gasteiger partial charge on any atom is -0.462 e. The fraction of sp³-hybridized carbons (Fsp3) is 0.615. The third kappa shape index (κ3) is 8.73. The van der Waals surface area contributed by atoms with Gasteiger partial charge in [-0.2, -0.15) is 0 Å². The van der Waals surface area contributed by atoms with Crippen LogP contribution in [-0.2, 0) is 20.7 Å². The number of benzene rings is 1. The van der Waals surface area contributed by atoms with Gasteiger partial charge in [-0.05, 0) is 75.5 Å². The zero-order chi connectivity index (χ0) is 21.8. The Morgan fingerprint density at radius 2 is 1.70 bits per heavy atom. The van der Waals surface area contributed by atoms with E-state index in [-0.39, 0.29) is 18.0 Å². The van der Waals surface area contributed by atoms with Crippen LogP contribution in [0, 0.1) is 5.92 Å². The number of esters is 2. The smallest absolute Gasteiger partial charge is 0.338 e. The molecule has 2 rings (SSSR count). The van der Waals surface area contributed by atoms with Gasteiger partial charge in [0.15, 0.2) is 0 Å². The largest absolute Gasteiger partial charge is 0.462 e. The molecule has 1 aliphatic rings. The molecule has 1 aromatic carbocycles. The summed E-state index contributed by atoms with van der Waals surface area (Å²) in [7, 11) is 0. The number of ether oxygens (including phenoxy) is 2. The van der Waals surface area contributed by atoms with Gasteiger partial charge in [0.1, 0.15) is 6.10 Å². The van der Waals surface area contributed by atoms with Gasteiger partial charge in [0.25, 0.3) is 0 Å². The van der Waals surface area contributed by atoms with Crippen LogP contribution in [0.1, 0.15) is 94.0 Å². The summed E-state index contributed by atoms with van der Waals surface area (Å²) >= 11 is 0. The molecular weight excluding hydrogens is 376 g/mol. The van der Waals surface area contributed by atoms with Gasteiger partial charge in [-0.3, -0.25) is 0 Å². The van der Waals surface area contributed by atoms with E-state index < -0.39 is 0 Å². The SMILES string of the molecule is C=C(C)C(=O)OCCCCc1ccc(C(=O)OC2CCC(CCCCC)CC2)cc1. The third-order valence-corrected chi connectivity index (χ3v) is 5.91. The van der Waals surface area contributed by atoms with Crippen LogP contribution in [0.3, 0.4) is 0 Å². The fourth-order valence-electron chi connectivity index (χ4n) is 3.97. The normalized spacial score (nSPS) is 18.6. The number of hydrogen-bond acceptors (Lipinski definition) is 4. The molecule has 0 atom stereocenters. The van der Waals surface area contributed by atoms with Gasteiger partial charge in [-0.1, -0.05) is 51.3 Å². The lowest BCUT2D eigenvalue weighted by Crippen LogP contribution is -2.24. The Bertz CT molecular complexity index is 669. The highest BCUT2D eigenvalue weighted by Gasteiger charge is 2.24. The molecule has 1 aliphatic carbocycles. The number of carbonyl (C=O) groups is 2. The van der Waals surface area contributed by atoms with Crippen molar-refractivity contribution >= 4 is 11.9 Å². The Kier molecular flexibility index (Phi) is 10.7. The van der Waals surface area contributed by atoms with Crippen molar-refractivity contribution in [2.24, 2.45) is 5.92 Å². The molecule has 0 heterocycles. The van der Waals surface area contributed by atoms with Gasteiger partial charge >= 0.3 is 11.9 Å². The highest BCUT2D eigenvalue weighted by atomic mass is 16.5. The lowest BCUT2D eigenvalue weighted by molar-refractivity contribution is -0.139. The standard InChI is InChI=1S/C26H38O4/c1-4-5-6-9-22-13-17-24(18-14-22)30-26(28)23-15-11-21(12-16-23)10-7-8-19-29-25(27)20(2)3/h11-12,15-16,22,24H,2,4-10,13-14,17-19H2,1,3H3. The number of hydrogen-bond donors (Lipinski definition) is 0. The van der Waals surface area contributed by atoms with Gasteiger partial charge in [0.2, 0.25) is 0 Å². The van der Waals surface area contributed by atoms with E-state index in [1.165, 1.54) is 44.1 Å². The van der Waals surface area contributed by atoms with E-state index in [1.54, 1.807) is 6.92 Å². The summed E-state index contributed by atoms with van der Waals surface area (Å²) in [5.74, 6) is 0.278. The summed E-state index contributed by atoms with van der Waals surface area (Å²) in [5.41, 5.74) is 2.22. The van der Waals surface area contributed by atoms with Crippen LogP contribution in [0.4, 0.5) is 0 Å². The molecule has 0 unspecified atom stereocenters. The molecular formula is C26H38O4. The highest BCUT2D eigenvalue weighted by molar-refractivity contribution is 5.89. The fourth-order valence-corrected chi connectivity index (χ4v) is 3.97. The third-order valence-electron chi connectivity index (χ3n) is 5.91. The minimum atomic E-state index is -0.331. The molecule has 1 aromatic rings. The summed E-state index contributed by atoms with van der Waals surface area (Å²) < 4.78 is 10.8. The Morgan fingerprint density at radius 3 is 2.33 bits per heavy atom. The quantitative estimate of drug-likeness (QED) is 0.225. The lowest BCUT2D eigenvalue weighted by atomic mass is 9.84. The second-order valence-electron chi connectivity index (χ2n) is 8.61. The van der Waals surface area contributed by atoms with Crippen molar-refractivity contribution in [2.45, 2.75) is 90.6 Å². The van der Waals surface area contributed by atoms with Crippen LogP contribution in [0.25, 0.3) is 0 Å². The monoisotopic (exact) mass is 414 g/mol. The van der Waals surface area contributed by atoms with Crippen LogP contribution in [-0.4, -0.2) is 24.6 Å². The molecule has 0 N–H and O–H groups in total. The van der Waals surface area contributed by atoms with E-state index in [0.717, 1.165) is 38.0 Å². The summed E-state index contributed by atoms with van der Waals surface area (Å²) in [6.07, 6.45) is 12.3. The number of unbranched alkanes of at least 4 members (excludes halogenated alkanes) is 3. The highest BCUT2D eigenvalue weighted by Crippen LogP contribution is 2.30. The average Bonchev–Trinajstić information content (AvgIpc) is 2.75. The number of carbonyl (C=O) groups excluding carboxylic acids is 2. The Balaban J connectivity index is 1.65. The van der Waals surface area contributed by atoms with Gasteiger partial charge in [0, 0.05) is 5.57 Å². The van der Waals surface area contributed by atoms with E-state index >= 15 is 0 Å². The van der Waals surface area contributed by atoms with Crippen molar-refractivity contribution in [1.82, 2.24) is 0 Å². The molecule has 1 fully saturated rings. The first kappa shape index (κ1) is 24.2. The van der Waals surface area contributed by atoms with Crippen molar-refractivity contribution < 1.29 is 19.1 Å². The van der Waals surface area contributed by atoms with Gasteiger partial charge in [-0.25, -0.2) is 9.59 Å². The maximum absolute atomic E-state index is 12.5. The predicted octanol–water partition coefficient (Wildman–Crippen LogP) is 6.42. The molecule has 1 saturated carbocycles. The molecule has 4 nitrogen and oxygen atoms in total. The van der Waals surface area contributed by atoms with Crippen molar-refractivity contribution in [1.29, 1.82) is 0 Å². The zero-order valence-corrected chi connectivity index (χ0v) is 18.8. The Hall–Kier alpha value is -2.10. The minimum absolute atomic E-state index is 0.0708. The summed E-state index contributed by atoms with van der Waals surface area (Å²) in [5, 5.41) is 0. The number of aryl methyl sites for hydroxylation is 1. The van der Waals surface area contributed by atoms with Crippen LogP contribution in [0.15, 0.2) is 36.4 Å². The van der Waals surface area contributed by atoms with E-state index in [1.807, 2.05) is 24.3 Å². The molecule has 0 aromatic heterocycles. The van der Waals surface area contributed by atoms with Gasteiger partial charge in [-0.15, -0.1) is 0 Å². The van der Waals surface area contributed by atoms with Crippen molar-refractivity contribution in [2.75, 3.05) is 6.61 Å². The first-order chi connectivity index (χ1) is 14.5. The molecule has 4 heteroatoms. The van der Waals surface area contributed by atoms with Crippen LogP contribution >= 0.6 is 0 Å².